The van der Waals surface area contributed by atoms with Gasteiger partial charge in [-0.25, -0.2) is 8.78 Å². The Bertz CT molecular complexity index is 886. The van der Waals surface area contributed by atoms with Gasteiger partial charge in [0.25, 0.3) is 0 Å². The van der Waals surface area contributed by atoms with Crippen LogP contribution in [0.25, 0.3) is 0 Å². The first-order valence-corrected chi connectivity index (χ1v) is 9.84. The van der Waals surface area contributed by atoms with Gasteiger partial charge in [0.05, 0.1) is 19.8 Å². The second kappa shape index (κ2) is 8.66. The average Bonchev–Trinajstić information content (AvgIpc) is 3.28. The van der Waals surface area contributed by atoms with Crippen molar-refractivity contribution in [3.05, 3.63) is 41.2 Å². The first kappa shape index (κ1) is 19.5. The van der Waals surface area contributed by atoms with Crippen LogP contribution in [-0.4, -0.2) is 47.3 Å². The fraction of sp³-hybridized carbons (Fsp3) is 0.500. The highest BCUT2D eigenvalue weighted by Gasteiger charge is 2.28. The van der Waals surface area contributed by atoms with Gasteiger partial charge in [0, 0.05) is 24.7 Å². The molecule has 2 heterocycles. The van der Waals surface area contributed by atoms with Crippen LogP contribution in [0.1, 0.15) is 37.1 Å². The zero-order chi connectivity index (χ0) is 20.2. The van der Waals surface area contributed by atoms with Crippen LogP contribution in [0.3, 0.4) is 0 Å². The summed E-state index contributed by atoms with van der Waals surface area (Å²) in [6.07, 6.45) is 3.84. The molecule has 0 atom stereocenters. The molecule has 0 amide bonds. The van der Waals surface area contributed by atoms with E-state index in [-0.39, 0.29) is 29.9 Å². The van der Waals surface area contributed by atoms with Crippen molar-refractivity contribution in [3.63, 3.8) is 0 Å². The van der Waals surface area contributed by atoms with Crippen LogP contribution in [0.4, 0.5) is 20.7 Å². The van der Waals surface area contributed by atoms with E-state index in [1.807, 2.05) is 15.9 Å². The molecule has 0 unspecified atom stereocenters. The van der Waals surface area contributed by atoms with E-state index >= 15 is 0 Å². The summed E-state index contributed by atoms with van der Waals surface area (Å²) >= 11 is 0. The molecule has 7 nitrogen and oxygen atoms in total. The Balaban J connectivity index is 1.73. The highest BCUT2D eigenvalue weighted by atomic mass is 19.1. The van der Waals surface area contributed by atoms with E-state index in [9.17, 15) is 14.0 Å². The van der Waals surface area contributed by atoms with Crippen molar-refractivity contribution in [3.8, 4) is 6.07 Å². The Hall–Kier alpha value is -2.86. The number of aromatic nitrogens is 3. The van der Waals surface area contributed by atoms with Crippen molar-refractivity contribution in [1.29, 1.82) is 5.26 Å². The highest BCUT2D eigenvalue weighted by molar-refractivity contribution is 5.43. The molecular weight excluding hydrogens is 378 g/mol. The number of nitrogens with zero attached hydrogens (tertiary/aromatic N) is 6. The molecule has 152 valence electrons. The zero-order valence-corrected chi connectivity index (χ0v) is 16.0. The van der Waals surface area contributed by atoms with Gasteiger partial charge in [-0.15, -0.1) is 0 Å². The largest absolute Gasteiger partial charge is 0.378 e. The summed E-state index contributed by atoms with van der Waals surface area (Å²) in [5.74, 6) is -0.528. The van der Waals surface area contributed by atoms with Crippen LogP contribution in [0.15, 0.2) is 18.2 Å². The fourth-order valence-electron chi connectivity index (χ4n) is 3.87. The summed E-state index contributed by atoms with van der Waals surface area (Å²) in [5, 5.41) is 9.43. The molecule has 2 aromatic rings. The minimum absolute atomic E-state index is 0.000602. The van der Waals surface area contributed by atoms with Crippen LogP contribution in [0.2, 0.25) is 0 Å². The molecule has 1 aliphatic carbocycles. The summed E-state index contributed by atoms with van der Waals surface area (Å²) < 4.78 is 34.0. The minimum atomic E-state index is -0.601. The number of hydrogen-bond acceptors (Lipinski definition) is 7. The second-order valence-electron chi connectivity index (χ2n) is 7.24. The van der Waals surface area contributed by atoms with Crippen molar-refractivity contribution in [1.82, 2.24) is 15.0 Å². The molecule has 0 spiro atoms. The molecule has 1 saturated heterocycles. The van der Waals surface area contributed by atoms with Crippen LogP contribution < -0.4 is 9.80 Å². The van der Waals surface area contributed by atoms with Crippen molar-refractivity contribution in [2.24, 2.45) is 0 Å². The third kappa shape index (κ3) is 4.27. The molecule has 1 aromatic heterocycles. The normalized spacial score (nSPS) is 17.3. The molecule has 0 N–H and O–H groups in total. The molecule has 0 radical (unpaired) electrons. The summed E-state index contributed by atoms with van der Waals surface area (Å²) in [5.41, 5.74) is -0.0220. The Morgan fingerprint density at radius 3 is 2.45 bits per heavy atom. The third-order valence-corrected chi connectivity index (χ3v) is 5.42. The number of nitriles is 1. The number of morpholine rings is 1. The van der Waals surface area contributed by atoms with Gasteiger partial charge in [-0.05, 0) is 25.0 Å². The number of anilines is 2. The van der Waals surface area contributed by atoms with Crippen LogP contribution >= 0.6 is 0 Å². The molecule has 2 fully saturated rings. The lowest BCUT2D eigenvalue weighted by molar-refractivity contribution is 0.122. The van der Waals surface area contributed by atoms with Gasteiger partial charge < -0.3 is 14.5 Å². The summed E-state index contributed by atoms with van der Waals surface area (Å²) in [7, 11) is 0. The van der Waals surface area contributed by atoms with E-state index < -0.39 is 11.6 Å². The Labute approximate surface area is 168 Å². The average molecular weight is 400 g/mol. The minimum Gasteiger partial charge on any atom is -0.378 e. The Morgan fingerprint density at radius 1 is 1.10 bits per heavy atom. The smallest absolute Gasteiger partial charge is 0.238 e. The van der Waals surface area contributed by atoms with Gasteiger partial charge in [-0.3, -0.25) is 0 Å². The number of rotatable bonds is 5. The first-order valence-electron chi connectivity index (χ1n) is 9.84. The number of hydrogen-bond donors (Lipinski definition) is 0. The molecular formula is C20H22F2N6O. The lowest BCUT2D eigenvalue weighted by Gasteiger charge is -2.31. The maximum Gasteiger partial charge on any atom is 0.238 e. The molecule has 1 aliphatic heterocycles. The Kier molecular flexibility index (Phi) is 5.81. The predicted octanol–water partition coefficient (Wildman–Crippen LogP) is 2.81. The molecule has 0 bridgehead atoms. The predicted molar refractivity (Wildman–Crippen MR) is 102 cm³/mol. The van der Waals surface area contributed by atoms with E-state index in [0.29, 0.717) is 32.3 Å². The molecule has 1 saturated carbocycles. The van der Waals surface area contributed by atoms with Crippen LogP contribution in [0, 0.1) is 23.0 Å². The Morgan fingerprint density at radius 2 is 1.79 bits per heavy atom. The van der Waals surface area contributed by atoms with E-state index in [0.717, 1.165) is 25.7 Å². The first-order chi connectivity index (χ1) is 14.2. The van der Waals surface area contributed by atoms with Crippen molar-refractivity contribution >= 4 is 11.9 Å². The molecule has 29 heavy (non-hydrogen) atoms. The van der Waals surface area contributed by atoms with Gasteiger partial charge in [0.1, 0.15) is 17.7 Å². The number of benzene rings is 1. The zero-order valence-electron chi connectivity index (χ0n) is 16.0. The van der Waals surface area contributed by atoms with Gasteiger partial charge in [0.2, 0.25) is 17.7 Å². The maximum absolute atomic E-state index is 14.3. The number of ether oxygens (including phenoxy) is 1. The third-order valence-electron chi connectivity index (χ3n) is 5.42. The molecule has 2 aliphatic rings. The lowest BCUT2D eigenvalue weighted by Crippen LogP contribution is -2.39. The van der Waals surface area contributed by atoms with Gasteiger partial charge in [0.15, 0.2) is 0 Å². The van der Waals surface area contributed by atoms with Gasteiger partial charge in [-0.1, -0.05) is 18.9 Å². The second-order valence-corrected chi connectivity index (χ2v) is 7.24. The number of halogens is 2. The van der Waals surface area contributed by atoms with E-state index in [4.69, 9.17) is 4.74 Å². The van der Waals surface area contributed by atoms with Crippen LogP contribution in [-0.2, 0) is 11.3 Å². The van der Waals surface area contributed by atoms with Gasteiger partial charge >= 0.3 is 0 Å². The summed E-state index contributed by atoms with van der Waals surface area (Å²) in [6.45, 7) is 2.32. The summed E-state index contributed by atoms with van der Waals surface area (Å²) in [4.78, 5) is 16.9. The van der Waals surface area contributed by atoms with Gasteiger partial charge in [-0.2, -0.15) is 20.2 Å². The molecule has 9 heteroatoms. The molecule has 4 rings (SSSR count). The fourth-order valence-corrected chi connectivity index (χ4v) is 3.87. The topological polar surface area (TPSA) is 78.2 Å². The SMILES string of the molecule is N#Cc1nc(N2CCOCC2)nc(N(Cc2c(F)cccc2F)C2CCCC2)n1. The monoisotopic (exact) mass is 400 g/mol. The van der Waals surface area contributed by atoms with E-state index in [2.05, 4.69) is 15.0 Å². The standard InChI is InChI=1S/C20H22F2N6O/c21-16-6-3-7-17(22)15(16)13-28(14-4-1-2-5-14)20-25-18(12-23)24-19(26-20)27-8-10-29-11-9-27/h3,6-7,14H,1-2,4-5,8-11,13H2. The maximum atomic E-state index is 14.3. The van der Waals surface area contributed by atoms with E-state index in [1.165, 1.54) is 18.2 Å². The molecule has 1 aromatic carbocycles. The van der Waals surface area contributed by atoms with Crippen molar-refractivity contribution < 1.29 is 13.5 Å². The van der Waals surface area contributed by atoms with Crippen molar-refractivity contribution in [2.75, 3.05) is 36.1 Å². The highest BCUT2D eigenvalue weighted by Crippen LogP contribution is 2.30. The lowest BCUT2D eigenvalue weighted by atomic mass is 10.1. The van der Waals surface area contributed by atoms with Crippen molar-refractivity contribution in [2.45, 2.75) is 38.3 Å². The van der Waals surface area contributed by atoms with Crippen LogP contribution in [0.5, 0.6) is 0 Å². The summed E-state index contributed by atoms with van der Waals surface area (Å²) in [6, 6.07) is 5.89. The quantitative estimate of drug-likeness (QED) is 0.764. The van der Waals surface area contributed by atoms with E-state index in [1.54, 1.807) is 0 Å².